The summed E-state index contributed by atoms with van der Waals surface area (Å²) in [7, 11) is 0. The molecule has 2 aliphatic rings. The number of hydrogen-bond donors (Lipinski definition) is 1. The molecule has 0 aliphatic carbocycles. The van der Waals surface area contributed by atoms with Crippen molar-refractivity contribution in [1.82, 2.24) is 10.2 Å². The molecule has 2 heterocycles. The molecule has 3 nitrogen and oxygen atoms in total. The Morgan fingerprint density at radius 2 is 2.36 bits per heavy atom. The maximum Gasteiger partial charge on any atom is 0.222 e. The number of hydrogen-bond acceptors (Lipinski definition) is 2. The Hall–Kier alpha value is -0.570. The standard InChI is InChI=1S/C11H20N2O/c1-9-3-5-13(11(14)6-9)8-10-2-4-12-7-10/h9-10,12H,2-8H2,1H3. The molecule has 2 saturated heterocycles. The Morgan fingerprint density at radius 3 is 3.00 bits per heavy atom. The van der Waals surface area contributed by atoms with Crippen LogP contribution in [0.5, 0.6) is 0 Å². The quantitative estimate of drug-likeness (QED) is 0.710. The zero-order valence-corrected chi connectivity index (χ0v) is 8.96. The number of carbonyl (C=O) groups excluding carboxylic acids is 1. The van der Waals surface area contributed by atoms with E-state index < -0.39 is 0 Å². The van der Waals surface area contributed by atoms with E-state index >= 15 is 0 Å². The van der Waals surface area contributed by atoms with E-state index in [0.29, 0.717) is 17.7 Å². The topological polar surface area (TPSA) is 32.3 Å². The predicted molar refractivity (Wildman–Crippen MR) is 56.0 cm³/mol. The van der Waals surface area contributed by atoms with Gasteiger partial charge in [0.2, 0.25) is 5.91 Å². The molecule has 2 unspecified atom stereocenters. The summed E-state index contributed by atoms with van der Waals surface area (Å²) in [4.78, 5) is 13.8. The van der Waals surface area contributed by atoms with E-state index in [-0.39, 0.29) is 0 Å². The lowest BCUT2D eigenvalue weighted by atomic mass is 9.97. The van der Waals surface area contributed by atoms with Crippen molar-refractivity contribution in [3.63, 3.8) is 0 Å². The first-order chi connectivity index (χ1) is 6.75. The van der Waals surface area contributed by atoms with Gasteiger partial charge in [-0.15, -0.1) is 0 Å². The molecule has 0 aromatic rings. The Morgan fingerprint density at radius 1 is 1.50 bits per heavy atom. The van der Waals surface area contributed by atoms with Crippen molar-refractivity contribution in [3.8, 4) is 0 Å². The highest BCUT2D eigenvalue weighted by Gasteiger charge is 2.26. The first-order valence-corrected chi connectivity index (χ1v) is 5.74. The van der Waals surface area contributed by atoms with Gasteiger partial charge in [0, 0.05) is 19.5 Å². The SMILES string of the molecule is CC1CCN(CC2CCNC2)C(=O)C1. The van der Waals surface area contributed by atoms with E-state index in [0.717, 1.165) is 32.6 Å². The Balaban J connectivity index is 1.82. The lowest BCUT2D eigenvalue weighted by Gasteiger charge is -2.31. The third kappa shape index (κ3) is 2.27. The van der Waals surface area contributed by atoms with E-state index in [1.54, 1.807) is 0 Å². The number of carbonyl (C=O) groups is 1. The van der Waals surface area contributed by atoms with Crippen LogP contribution in [-0.2, 0) is 4.79 Å². The van der Waals surface area contributed by atoms with Gasteiger partial charge < -0.3 is 10.2 Å². The van der Waals surface area contributed by atoms with Gasteiger partial charge in [-0.05, 0) is 37.8 Å². The van der Waals surface area contributed by atoms with Gasteiger partial charge in [-0.1, -0.05) is 6.92 Å². The van der Waals surface area contributed by atoms with Crippen molar-refractivity contribution in [3.05, 3.63) is 0 Å². The van der Waals surface area contributed by atoms with Crippen molar-refractivity contribution in [2.75, 3.05) is 26.2 Å². The van der Waals surface area contributed by atoms with E-state index in [4.69, 9.17) is 0 Å². The number of rotatable bonds is 2. The van der Waals surface area contributed by atoms with E-state index in [1.165, 1.54) is 12.8 Å². The molecule has 0 aromatic carbocycles. The maximum atomic E-state index is 11.7. The van der Waals surface area contributed by atoms with Crippen LogP contribution in [0.3, 0.4) is 0 Å². The normalized spacial score (nSPS) is 33.8. The van der Waals surface area contributed by atoms with Crippen LogP contribution in [-0.4, -0.2) is 37.0 Å². The first kappa shape index (κ1) is 9.97. The molecule has 1 N–H and O–H groups in total. The third-order valence-electron chi connectivity index (χ3n) is 3.41. The molecule has 0 spiro atoms. The fourth-order valence-corrected chi connectivity index (χ4v) is 2.41. The number of likely N-dealkylation sites (tertiary alicyclic amines) is 1. The third-order valence-corrected chi connectivity index (χ3v) is 3.41. The van der Waals surface area contributed by atoms with Gasteiger partial charge in [-0.25, -0.2) is 0 Å². The molecule has 1 amide bonds. The summed E-state index contributed by atoms with van der Waals surface area (Å²) < 4.78 is 0. The highest BCUT2D eigenvalue weighted by Crippen LogP contribution is 2.19. The summed E-state index contributed by atoms with van der Waals surface area (Å²) in [5.41, 5.74) is 0. The molecular formula is C11H20N2O. The fourth-order valence-electron chi connectivity index (χ4n) is 2.41. The largest absolute Gasteiger partial charge is 0.342 e. The summed E-state index contributed by atoms with van der Waals surface area (Å²) in [6.07, 6.45) is 3.19. The van der Waals surface area contributed by atoms with Crippen molar-refractivity contribution in [2.24, 2.45) is 11.8 Å². The molecule has 2 rings (SSSR count). The van der Waals surface area contributed by atoms with Crippen LogP contribution in [0.15, 0.2) is 0 Å². The lowest BCUT2D eigenvalue weighted by molar-refractivity contribution is -0.135. The average Bonchev–Trinajstić information content (AvgIpc) is 2.62. The number of nitrogens with one attached hydrogen (secondary N) is 1. The minimum atomic E-state index is 0.371. The summed E-state index contributed by atoms with van der Waals surface area (Å²) in [6, 6.07) is 0. The first-order valence-electron chi connectivity index (χ1n) is 5.74. The summed E-state index contributed by atoms with van der Waals surface area (Å²) >= 11 is 0. The highest BCUT2D eigenvalue weighted by atomic mass is 16.2. The zero-order chi connectivity index (χ0) is 9.97. The molecule has 0 radical (unpaired) electrons. The molecule has 80 valence electrons. The molecular weight excluding hydrogens is 176 g/mol. The van der Waals surface area contributed by atoms with Crippen molar-refractivity contribution in [1.29, 1.82) is 0 Å². The highest BCUT2D eigenvalue weighted by molar-refractivity contribution is 5.77. The molecule has 14 heavy (non-hydrogen) atoms. The Kier molecular flexibility index (Phi) is 3.06. The molecule has 3 heteroatoms. The minimum Gasteiger partial charge on any atom is -0.342 e. The van der Waals surface area contributed by atoms with Crippen molar-refractivity contribution >= 4 is 5.91 Å². The van der Waals surface area contributed by atoms with Gasteiger partial charge in [0.25, 0.3) is 0 Å². The smallest absolute Gasteiger partial charge is 0.222 e. The maximum absolute atomic E-state index is 11.7. The fraction of sp³-hybridized carbons (Fsp3) is 0.909. The predicted octanol–water partition coefficient (Wildman–Crippen LogP) is 0.854. The second-order valence-electron chi connectivity index (χ2n) is 4.80. The van der Waals surface area contributed by atoms with Gasteiger partial charge in [-0.3, -0.25) is 4.79 Å². The molecule has 0 aromatic heterocycles. The molecule has 2 aliphatic heterocycles. The number of nitrogens with zero attached hydrogens (tertiary/aromatic N) is 1. The van der Waals surface area contributed by atoms with E-state index in [1.807, 2.05) is 0 Å². The average molecular weight is 196 g/mol. The van der Waals surface area contributed by atoms with E-state index in [2.05, 4.69) is 17.1 Å². The van der Waals surface area contributed by atoms with E-state index in [9.17, 15) is 4.79 Å². The summed E-state index contributed by atoms with van der Waals surface area (Å²) in [5, 5.41) is 3.35. The molecule has 0 saturated carbocycles. The van der Waals surface area contributed by atoms with Crippen LogP contribution >= 0.6 is 0 Å². The monoisotopic (exact) mass is 196 g/mol. The van der Waals surface area contributed by atoms with Crippen molar-refractivity contribution in [2.45, 2.75) is 26.2 Å². The van der Waals surface area contributed by atoms with Crippen LogP contribution in [0.4, 0.5) is 0 Å². The number of amides is 1. The van der Waals surface area contributed by atoms with Gasteiger partial charge in [0.15, 0.2) is 0 Å². The minimum absolute atomic E-state index is 0.371. The van der Waals surface area contributed by atoms with Crippen molar-refractivity contribution < 1.29 is 4.79 Å². The molecule has 0 bridgehead atoms. The second kappa shape index (κ2) is 4.30. The summed E-state index contributed by atoms with van der Waals surface area (Å²) in [6.45, 7) is 6.36. The van der Waals surface area contributed by atoms with Gasteiger partial charge in [0.05, 0.1) is 0 Å². The van der Waals surface area contributed by atoms with Gasteiger partial charge >= 0.3 is 0 Å². The van der Waals surface area contributed by atoms with Crippen LogP contribution in [0, 0.1) is 11.8 Å². The second-order valence-corrected chi connectivity index (χ2v) is 4.80. The molecule has 2 fully saturated rings. The zero-order valence-electron chi connectivity index (χ0n) is 8.96. The Labute approximate surface area is 85.8 Å². The van der Waals surface area contributed by atoms with Gasteiger partial charge in [0.1, 0.15) is 0 Å². The molecule has 2 atom stereocenters. The van der Waals surface area contributed by atoms with Crippen LogP contribution in [0.2, 0.25) is 0 Å². The summed E-state index contributed by atoms with van der Waals surface area (Å²) in [5.74, 6) is 1.67. The lowest BCUT2D eigenvalue weighted by Crippen LogP contribution is -2.41. The van der Waals surface area contributed by atoms with Crippen LogP contribution in [0.1, 0.15) is 26.2 Å². The van der Waals surface area contributed by atoms with Gasteiger partial charge in [-0.2, -0.15) is 0 Å². The van der Waals surface area contributed by atoms with Crippen LogP contribution in [0.25, 0.3) is 0 Å². The Bertz CT molecular complexity index is 211. The number of piperidine rings is 1. The van der Waals surface area contributed by atoms with Crippen LogP contribution < -0.4 is 5.32 Å².